The molecule has 2 aromatic heterocycles. The lowest BCUT2D eigenvalue weighted by Crippen LogP contribution is -2.42. The van der Waals surface area contributed by atoms with E-state index in [4.69, 9.17) is 9.15 Å². The zero-order chi connectivity index (χ0) is 18.8. The van der Waals surface area contributed by atoms with E-state index in [0.29, 0.717) is 19.0 Å². The van der Waals surface area contributed by atoms with Crippen molar-refractivity contribution < 1.29 is 18.7 Å². The van der Waals surface area contributed by atoms with Gasteiger partial charge in [-0.1, -0.05) is 6.92 Å². The summed E-state index contributed by atoms with van der Waals surface area (Å²) in [5.74, 6) is -0.0248. The molecule has 1 aliphatic heterocycles. The van der Waals surface area contributed by atoms with Gasteiger partial charge < -0.3 is 14.1 Å². The third-order valence-electron chi connectivity index (χ3n) is 4.65. The molecule has 0 radical (unpaired) electrons. The largest absolute Gasteiger partial charge is 0.462 e. The lowest BCUT2D eigenvalue weighted by molar-refractivity contribution is -0.133. The third kappa shape index (κ3) is 3.36. The van der Waals surface area contributed by atoms with E-state index < -0.39 is 11.5 Å². The summed E-state index contributed by atoms with van der Waals surface area (Å²) in [5.41, 5.74) is -0.327. The Morgan fingerprint density at radius 2 is 2.19 bits per heavy atom. The molecule has 0 saturated carbocycles. The van der Waals surface area contributed by atoms with E-state index in [1.165, 1.54) is 10.9 Å². The van der Waals surface area contributed by atoms with Gasteiger partial charge in [0.05, 0.1) is 6.61 Å². The summed E-state index contributed by atoms with van der Waals surface area (Å²) < 4.78 is 11.6. The Labute approximate surface area is 150 Å². The number of aryl methyl sites for hydroxylation is 1. The summed E-state index contributed by atoms with van der Waals surface area (Å²) in [6.07, 6.45) is 3.36. The van der Waals surface area contributed by atoms with Gasteiger partial charge in [0.2, 0.25) is 11.6 Å². The molecule has 1 amide bonds. The van der Waals surface area contributed by atoms with Crippen LogP contribution in [0.5, 0.6) is 0 Å². The fourth-order valence-electron chi connectivity index (χ4n) is 3.36. The molecular formula is C18H23N3O5. The minimum atomic E-state index is -0.628. The molecule has 8 heteroatoms. The molecule has 26 heavy (non-hydrogen) atoms. The van der Waals surface area contributed by atoms with Gasteiger partial charge in [0.25, 0.3) is 5.56 Å². The number of nitrogens with zero attached hydrogens (tertiary/aromatic N) is 3. The van der Waals surface area contributed by atoms with Crippen LogP contribution in [0.4, 0.5) is 0 Å². The molecule has 2 aromatic rings. The minimum absolute atomic E-state index is 0.0586. The van der Waals surface area contributed by atoms with Gasteiger partial charge in [0.15, 0.2) is 0 Å². The second kappa shape index (κ2) is 7.31. The van der Waals surface area contributed by atoms with Gasteiger partial charge in [0.1, 0.15) is 29.6 Å². The molecule has 3 rings (SSSR count). The van der Waals surface area contributed by atoms with Gasteiger partial charge in [0, 0.05) is 13.1 Å². The number of amides is 1. The summed E-state index contributed by atoms with van der Waals surface area (Å²) in [6.45, 7) is 6.85. The maximum absolute atomic E-state index is 12.8. The highest BCUT2D eigenvalue weighted by atomic mass is 16.5. The zero-order valence-electron chi connectivity index (χ0n) is 15.3. The molecule has 0 spiro atoms. The minimum Gasteiger partial charge on any atom is -0.462 e. The van der Waals surface area contributed by atoms with Crippen LogP contribution in [-0.2, 0) is 16.1 Å². The average molecular weight is 361 g/mol. The van der Waals surface area contributed by atoms with Crippen molar-refractivity contribution in [2.45, 2.75) is 40.2 Å². The molecule has 3 heterocycles. The molecule has 0 unspecified atom stereocenters. The summed E-state index contributed by atoms with van der Waals surface area (Å²) in [4.78, 5) is 43.4. The number of furan rings is 1. The molecule has 0 bridgehead atoms. The van der Waals surface area contributed by atoms with E-state index in [-0.39, 0.29) is 41.5 Å². The van der Waals surface area contributed by atoms with E-state index in [1.807, 2.05) is 0 Å². The number of rotatable bonds is 4. The number of aromatic nitrogens is 2. The standard InChI is InChI=1S/C18H23N3O5/c1-4-25-18(24)14-12(3)26-16-15(14)17(23)21(10-19-16)9-13(22)20-7-5-6-11(2)8-20/h10-11H,4-9H2,1-3H3/t11-/m1/s1. The van der Waals surface area contributed by atoms with Crippen LogP contribution in [-0.4, -0.2) is 46.0 Å². The van der Waals surface area contributed by atoms with Gasteiger partial charge >= 0.3 is 5.97 Å². The van der Waals surface area contributed by atoms with E-state index in [0.717, 1.165) is 12.8 Å². The predicted octanol–water partition coefficient (Wildman–Crippen LogP) is 1.73. The summed E-state index contributed by atoms with van der Waals surface area (Å²) in [6, 6.07) is 0. The Bertz CT molecular complexity index is 898. The van der Waals surface area contributed by atoms with Crippen molar-refractivity contribution in [2.75, 3.05) is 19.7 Å². The first kappa shape index (κ1) is 18.2. The van der Waals surface area contributed by atoms with Gasteiger partial charge in [-0.05, 0) is 32.6 Å². The molecule has 0 aromatic carbocycles. The number of ether oxygens (including phenoxy) is 1. The molecule has 140 valence electrons. The quantitative estimate of drug-likeness (QED) is 0.770. The highest BCUT2D eigenvalue weighted by molar-refractivity contribution is 6.03. The molecular weight excluding hydrogens is 338 g/mol. The van der Waals surface area contributed by atoms with Crippen LogP contribution in [0, 0.1) is 12.8 Å². The number of esters is 1. The van der Waals surface area contributed by atoms with Crippen molar-refractivity contribution in [1.82, 2.24) is 14.5 Å². The lowest BCUT2D eigenvalue weighted by Gasteiger charge is -2.31. The number of carbonyl (C=O) groups is 2. The van der Waals surface area contributed by atoms with E-state index in [9.17, 15) is 14.4 Å². The van der Waals surface area contributed by atoms with Crippen molar-refractivity contribution in [3.8, 4) is 0 Å². The van der Waals surface area contributed by atoms with Gasteiger partial charge in [-0.15, -0.1) is 0 Å². The van der Waals surface area contributed by atoms with Gasteiger partial charge in [-0.3, -0.25) is 14.2 Å². The SMILES string of the molecule is CCOC(=O)c1c(C)oc2ncn(CC(=O)N3CCC[C@@H](C)C3)c(=O)c12. The Hall–Kier alpha value is -2.64. The van der Waals surface area contributed by atoms with Crippen LogP contribution in [0.25, 0.3) is 11.1 Å². The first-order valence-electron chi connectivity index (χ1n) is 8.85. The first-order chi connectivity index (χ1) is 12.4. The van der Waals surface area contributed by atoms with Crippen molar-refractivity contribution in [3.05, 3.63) is 28.0 Å². The van der Waals surface area contributed by atoms with Crippen LogP contribution in [0.15, 0.2) is 15.5 Å². The Kier molecular flexibility index (Phi) is 5.11. The predicted molar refractivity (Wildman–Crippen MR) is 93.9 cm³/mol. The maximum Gasteiger partial charge on any atom is 0.342 e. The maximum atomic E-state index is 12.8. The zero-order valence-corrected chi connectivity index (χ0v) is 15.3. The fourth-order valence-corrected chi connectivity index (χ4v) is 3.36. The van der Waals surface area contributed by atoms with Crippen LogP contribution < -0.4 is 5.56 Å². The topological polar surface area (TPSA) is 94.6 Å². The number of hydrogen-bond acceptors (Lipinski definition) is 6. The lowest BCUT2D eigenvalue weighted by atomic mass is 10.0. The number of carbonyl (C=O) groups excluding carboxylic acids is 2. The normalized spacial score (nSPS) is 17.5. The van der Waals surface area contributed by atoms with Gasteiger partial charge in [-0.2, -0.15) is 0 Å². The second-order valence-corrected chi connectivity index (χ2v) is 6.70. The molecule has 0 aliphatic carbocycles. The molecule has 1 atom stereocenters. The summed E-state index contributed by atoms with van der Waals surface area (Å²) in [7, 11) is 0. The number of piperidine rings is 1. The van der Waals surface area contributed by atoms with Crippen LogP contribution in [0.3, 0.4) is 0 Å². The Morgan fingerprint density at radius 3 is 2.88 bits per heavy atom. The van der Waals surface area contributed by atoms with Gasteiger partial charge in [-0.25, -0.2) is 9.78 Å². The number of fused-ring (bicyclic) bond motifs is 1. The van der Waals surface area contributed by atoms with Crippen LogP contribution >= 0.6 is 0 Å². The van der Waals surface area contributed by atoms with Crippen LogP contribution in [0.2, 0.25) is 0 Å². The Balaban J connectivity index is 1.94. The highest BCUT2D eigenvalue weighted by Crippen LogP contribution is 2.22. The molecule has 1 aliphatic rings. The van der Waals surface area contributed by atoms with E-state index in [1.54, 1.807) is 18.7 Å². The number of hydrogen-bond donors (Lipinski definition) is 0. The average Bonchev–Trinajstić information content (AvgIpc) is 2.94. The first-order valence-corrected chi connectivity index (χ1v) is 8.85. The van der Waals surface area contributed by atoms with Crippen molar-refractivity contribution in [3.63, 3.8) is 0 Å². The summed E-state index contributed by atoms with van der Waals surface area (Å²) in [5, 5.41) is 0.0586. The smallest absolute Gasteiger partial charge is 0.342 e. The number of likely N-dealkylation sites (tertiary alicyclic amines) is 1. The molecule has 1 fully saturated rings. The fraction of sp³-hybridized carbons (Fsp3) is 0.556. The third-order valence-corrected chi connectivity index (χ3v) is 4.65. The van der Waals surface area contributed by atoms with Crippen LogP contribution in [0.1, 0.15) is 42.8 Å². The van der Waals surface area contributed by atoms with Crippen molar-refractivity contribution >= 4 is 23.0 Å². The van der Waals surface area contributed by atoms with E-state index in [2.05, 4.69) is 11.9 Å². The monoisotopic (exact) mass is 361 g/mol. The summed E-state index contributed by atoms with van der Waals surface area (Å²) >= 11 is 0. The second-order valence-electron chi connectivity index (χ2n) is 6.70. The van der Waals surface area contributed by atoms with E-state index >= 15 is 0 Å². The Morgan fingerprint density at radius 1 is 1.42 bits per heavy atom. The van der Waals surface area contributed by atoms with Crippen molar-refractivity contribution in [2.24, 2.45) is 5.92 Å². The highest BCUT2D eigenvalue weighted by Gasteiger charge is 2.25. The molecule has 0 N–H and O–H groups in total. The molecule has 8 nitrogen and oxygen atoms in total. The van der Waals surface area contributed by atoms with Crippen molar-refractivity contribution in [1.29, 1.82) is 0 Å². The molecule has 1 saturated heterocycles.